The third kappa shape index (κ3) is 1.93. The van der Waals surface area contributed by atoms with Crippen molar-refractivity contribution in [2.24, 2.45) is 5.41 Å². The average Bonchev–Trinajstić information content (AvgIpc) is 2.50. The van der Waals surface area contributed by atoms with E-state index in [4.69, 9.17) is 4.74 Å². The van der Waals surface area contributed by atoms with Gasteiger partial charge >= 0.3 is 0 Å². The van der Waals surface area contributed by atoms with Crippen LogP contribution in [0, 0.1) is 5.41 Å². The van der Waals surface area contributed by atoms with Gasteiger partial charge in [-0.25, -0.2) is 0 Å². The third-order valence-electron chi connectivity index (χ3n) is 2.20. The smallest absolute Gasteiger partial charge is 0.0591 e. The van der Waals surface area contributed by atoms with Crippen LogP contribution in [-0.4, -0.2) is 13.2 Å². The molecule has 0 saturated heterocycles. The Labute approximate surface area is 68.8 Å². The quantitative estimate of drug-likeness (QED) is 0.601. The molecule has 0 fully saturated rings. The van der Waals surface area contributed by atoms with Crippen LogP contribution >= 0.6 is 0 Å². The first-order chi connectivity index (χ1) is 5.33. The van der Waals surface area contributed by atoms with Crippen molar-refractivity contribution in [1.29, 1.82) is 0 Å². The lowest BCUT2D eigenvalue weighted by molar-refractivity contribution is 0.0970. The van der Waals surface area contributed by atoms with Gasteiger partial charge in [-0.15, -0.1) is 0 Å². The van der Waals surface area contributed by atoms with Crippen LogP contribution in [0.5, 0.6) is 0 Å². The van der Waals surface area contributed by atoms with Crippen molar-refractivity contribution >= 4 is 0 Å². The second kappa shape index (κ2) is 3.72. The van der Waals surface area contributed by atoms with Gasteiger partial charge < -0.3 is 4.74 Å². The molecule has 11 heavy (non-hydrogen) atoms. The fourth-order valence-corrected chi connectivity index (χ4v) is 1.28. The molecule has 0 atom stereocenters. The van der Waals surface area contributed by atoms with E-state index >= 15 is 0 Å². The number of hydrogen-bond donors (Lipinski definition) is 0. The number of ether oxygens (including phenoxy) is 1. The highest BCUT2D eigenvalue weighted by atomic mass is 16.5. The maximum absolute atomic E-state index is 5.41. The van der Waals surface area contributed by atoms with E-state index in [2.05, 4.69) is 31.2 Å². The second-order valence-electron chi connectivity index (χ2n) is 2.94. The Kier molecular flexibility index (Phi) is 2.89. The molecule has 0 aromatic heterocycles. The van der Waals surface area contributed by atoms with Crippen LogP contribution in [0.3, 0.4) is 0 Å². The Balaban J connectivity index is 2.47. The lowest BCUT2D eigenvalue weighted by atomic mass is 9.88. The Morgan fingerprint density at radius 2 is 1.82 bits per heavy atom. The molecule has 0 saturated carbocycles. The molecular weight excluding hydrogens is 136 g/mol. The molecule has 1 aliphatic carbocycles. The largest absolute Gasteiger partial charge is 0.381 e. The summed E-state index contributed by atoms with van der Waals surface area (Å²) in [5.74, 6) is 0. The highest BCUT2D eigenvalue weighted by Crippen LogP contribution is 2.29. The molecule has 0 unspecified atom stereocenters. The molecule has 0 bridgehead atoms. The van der Waals surface area contributed by atoms with Crippen molar-refractivity contribution < 1.29 is 4.74 Å². The number of allylic oxidation sites excluding steroid dienone is 2. The van der Waals surface area contributed by atoms with Crippen molar-refractivity contribution in [2.75, 3.05) is 13.2 Å². The van der Waals surface area contributed by atoms with Gasteiger partial charge in [-0.1, -0.05) is 31.2 Å². The molecule has 1 nitrogen and oxygen atoms in total. The minimum atomic E-state index is 0.204. The highest BCUT2D eigenvalue weighted by Gasteiger charge is 2.23. The number of hydrogen-bond acceptors (Lipinski definition) is 1. The summed E-state index contributed by atoms with van der Waals surface area (Å²) in [7, 11) is 0. The van der Waals surface area contributed by atoms with Gasteiger partial charge in [0.15, 0.2) is 0 Å². The van der Waals surface area contributed by atoms with E-state index in [1.165, 1.54) is 0 Å². The van der Waals surface area contributed by atoms with Crippen molar-refractivity contribution in [2.45, 2.75) is 20.3 Å². The molecule has 62 valence electrons. The van der Waals surface area contributed by atoms with E-state index in [0.29, 0.717) is 0 Å². The van der Waals surface area contributed by atoms with Crippen molar-refractivity contribution in [1.82, 2.24) is 0 Å². The zero-order chi connectivity index (χ0) is 8.16. The van der Waals surface area contributed by atoms with Gasteiger partial charge in [0.25, 0.3) is 0 Å². The van der Waals surface area contributed by atoms with Gasteiger partial charge in [-0.2, -0.15) is 0 Å². The third-order valence-corrected chi connectivity index (χ3v) is 2.20. The molecule has 1 heteroatoms. The summed E-state index contributed by atoms with van der Waals surface area (Å²) >= 11 is 0. The molecule has 1 rings (SSSR count). The predicted molar refractivity (Wildman–Crippen MR) is 47.5 cm³/mol. The molecule has 0 amide bonds. The van der Waals surface area contributed by atoms with Gasteiger partial charge in [-0.05, 0) is 13.3 Å². The monoisotopic (exact) mass is 152 g/mol. The summed E-state index contributed by atoms with van der Waals surface area (Å²) < 4.78 is 5.41. The zero-order valence-electron chi connectivity index (χ0n) is 7.34. The average molecular weight is 152 g/mol. The minimum absolute atomic E-state index is 0.204. The van der Waals surface area contributed by atoms with Crippen LogP contribution in [0.4, 0.5) is 0 Å². The summed E-state index contributed by atoms with van der Waals surface area (Å²) in [6.45, 7) is 5.86. The Bertz CT molecular complexity index is 156. The van der Waals surface area contributed by atoms with Crippen LogP contribution in [0.15, 0.2) is 24.3 Å². The van der Waals surface area contributed by atoms with Gasteiger partial charge in [0, 0.05) is 12.0 Å². The maximum Gasteiger partial charge on any atom is 0.0591 e. The zero-order valence-corrected chi connectivity index (χ0v) is 7.34. The summed E-state index contributed by atoms with van der Waals surface area (Å²) in [5.41, 5.74) is 0.204. The summed E-state index contributed by atoms with van der Waals surface area (Å²) in [6.07, 6.45) is 9.77. The van der Waals surface area contributed by atoms with Crippen LogP contribution < -0.4 is 0 Å². The number of rotatable bonds is 4. The molecule has 0 radical (unpaired) electrons. The fraction of sp³-hybridized carbons (Fsp3) is 0.600. The van der Waals surface area contributed by atoms with E-state index < -0.39 is 0 Å². The first-order valence-electron chi connectivity index (χ1n) is 4.28. The minimum Gasteiger partial charge on any atom is -0.381 e. The normalized spacial score (nSPS) is 19.5. The SMILES string of the molecule is CCOCC1(CC)C=CC=C1. The molecule has 0 aliphatic heterocycles. The molecule has 0 N–H and O–H groups in total. The predicted octanol–water partition coefficient (Wildman–Crippen LogP) is 2.55. The van der Waals surface area contributed by atoms with E-state index in [1.54, 1.807) is 0 Å². The molecule has 1 aliphatic rings. The highest BCUT2D eigenvalue weighted by molar-refractivity contribution is 5.24. The van der Waals surface area contributed by atoms with Crippen LogP contribution in [-0.2, 0) is 4.74 Å². The van der Waals surface area contributed by atoms with Gasteiger partial charge in [0.05, 0.1) is 6.61 Å². The van der Waals surface area contributed by atoms with Crippen molar-refractivity contribution in [3.8, 4) is 0 Å². The first kappa shape index (κ1) is 8.54. The van der Waals surface area contributed by atoms with Crippen molar-refractivity contribution in [3.05, 3.63) is 24.3 Å². The standard InChI is InChI=1S/C10H16O/c1-3-10(9-11-4-2)7-5-6-8-10/h5-8H,3-4,9H2,1-2H3. The first-order valence-corrected chi connectivity index (χ1v) is 4.28. The Hall–Kier alpha value is -0.560. The van der Waals surface area contributed by atoms with E-state index in [9.17, 15) is 0 Å². The summed E-state index contributed by atoms with van der Waals surface area (Å²) in [5, 5.41) is 0. The van der Waals surface area contributed by atoms with Crippen LogP contribution in [0.2, 0.25) is 0 Å². The molecule has 0 heterocycles. The summed E-state index contributed by atoms with van der Waals surface area (Å²) in [4.78, 5) is 0. The molecule has 0 spiro atoms. The van der Waals surface area contributed by atoms with Gasteiger partial charge in [0.2, 0.25) is 0 Å². The molecule has 0 aromatic rings. The van der Waals surface area contributed by atoms with E-state index in [1.807, 2.05) is 6.92 Å². The lowest BCUT2D eigenvalue weighted by Crippen LogP contribution is -2.19. The molecule has 0 aromatic carbocycles. The molecular formula is C10H16O. The lowest BCUT2D eigenvalue weighted by Gasteiger charge is -2.22. The second-order valence-corrected chi connectivity index (χ2v) is 2.94. The van der Waals surface area contributed by atoms with Crippen LogP contribution in [0.25, 0.3) is 0 Å². The van der Waals surface area contributed by atoms with Gasteiger partial charge in [0.1, 0.15) is 0 Å². The Morgan fingerprint density at radius 1 is 1.18 bits per heavy atom. The van der Waals surface area contributed by atoms with Gasteiger partial charge in [-0.3, -0.25) is 0 Å². The topological polar surface area (TPSA) is 9.23 Å². The van der Waals surface area contributed by atoms with Crippen LogP contribution in [0.1, 0.15) is 20.3 Å². The fourth-order valence-electron chi connectivity index (χ4n) is 1.28. The summed E-state index contributed by atoms with van der Waals surface area (Å²) in [6, 6.07) is 0. The van der Waals surface area contributed by atoms with E-state index in [-0.39, 0.29) is 5.41 Å². The van der Waals surface area contributed by atoms with E-state index in [0.717, 1.165) is 19.6 Å². The Morgan fingerprint density at radius 3 is 2.27 bits per heavy atom. The maximum atomic E-state index is 5.41. The van der Waals surface area contributed by atoms with Crippen molar-refractivity contribution in [3.63, 3.8) is 0 Å².